The van der Waals surface area contributed by atoms with Gasteiger partial charge in [0, 0.05) is 24.4 Å². The van der Waals surface area contributed by atoms with E-state index in [1.165, 1.54) is 0 Å². The SMILES string of the molecule is CCc1c(Cl)nc(C)nc1NCc1ccc(OC(C)C)nc1. The van der Waals surface area contributed by atoms with Crippen LogP contribution in [0.4, 0.5) is 5.82 Å². The maximum atomic E-state index is 6.17. The number of nitrogens with zero attached hydrogens (tertiary/aromatic N) is 3. The highest BCUT2D eigenvalue weighted by atomic mass is 35.5. The summed E-state index contributed by atoms with van der Waals surface area (Å²) in [5.74, 6) is 2.07. The van der Waals surface area contributed by atoms with Crippen LogP contribution in [0.25, 0.3) is 0 Å². The molecule has 6 heteroatoms. The van der Waals surface area contributed by atoms with Gasteiger partial charge in [-0.1, -0.05) is 24.6 Å². The van der Waals surface area contributed by atoms with Gasteiger partial charge in [0.15, 0.2) is 0 Å². The maximum Gasteiger partial charge on any atom is 0.213 e. The Morgan fingerprint density at radius 1 is 1.27 bits per heavy atom. The zero-order chi connectivity index (χ0) is 16.1. The molecule has 0 amide bonds. The van der Waals surface area contributed by atoms with Crippen molar-refractivity contribution in [2.75, 3.05) is 5.32 Å². The zero-order valence-electron chi connectivity index (χ0n) is 13.4. The number of aromatic nitrogens is 3. The normalized spacial score (nSPS) is 10.8. The van der Waals surface area contributed by atoms with Gasteiger partial charge in [-0.25, -0.2) is 15.0 Å². The molecule has 0 aromatic carbocycles. The molecule has 2 rings (SSSR count). The fourth-order valence-electron chi connectivity index (χ4n) is 2.03. The number of hydrogen-bond acceptors (Lipinski definition) is 5. The van der Waals surface area contributed by atoms with E-state index in [-0.39, 0.29) is 6.10 Å². The first-order valence-electron chi connectivity index (χ1n) is 7.38. The van der Waals surface area contributed by atoms with Gasteiger partial charge in [0.1, 0.15) is 16.8 Å². The molecule has 0 aliphatic carbocycles. The molecule has 0 saturated carbocycles. The second-order valence-electron chi connectivity index (χ2n) is 5.27. The fourth-order valence-corrected chi connectivity index (χ4v) is 2.38. The van der Waals surface area contributed by atoms with Crippen molar-refractivity contribution in [1.29, 1.82) is 0 Å². The summed E-state index contributed by atoms with van der Waals surface area (Å²) in [6.07, 6.45) is 2.70. The van der Waals surface area contributed by atoms with Gasteiger partial charge in [-0.05, 0) is 32.8 Å². The molecule has 0 aliphatic heterocycles. The van der Waals surface area contributed by atoms with Gasteiger partial charge in [-0.3, -0.25) is 0 Å². The number of aryl methyl sites for hydroxylation is 1. The number of nitrogens with one attached hydrogen (secondary N) is 1. The Balaban J connectivity index is 2.07. The van der Waals surface area contributed by atoms with E-state index in [1.54, 1.807) is 6.20 Å². The number of hydrogen-bond donors (Lipinski definition) is 1. The molecule has 0 aliphatic rings. The summed E-state index contributed by atoms with van der Waals surface area (Å²) in [6, 6.07) is 3.86. The van der Waals surface area contributed by atoms with E-state index in [9.17, 15) is 0 Å². The summed E-state index contributed by atoms with van der Waals surface area (Å²) in [7, 11) is 0. The Kier molecular flexibility index (Phi) is 5.55. The number of anilines is 1. The second kappa shape index (κ2) is 7.40. The summed E-state index contributed by atoms with van der Waals surface area (Å²) in [5, 5.41) is 3.82. The van der Waals surface area contributed by atoms with Gasteiger partial charge < -0.3 is 10.1 Å². The number of pyridine rings is 1. The average Bonchev–Trinajstić information content (AvgIpc) is 2.45. The Labute approximate surface area is 136 Å². The van der Waals surface area contributed by atoms with Crippen LogP contribution in [0.15, 0.2) is 18.3 Å². The first-order chi connectivity index (χ1) is 10.5. The van der Waals surface area contributed by atoms with Crippen LogP contribution in [0.1, 0.15) is 37.7 Å². The molecule has 0 atom stereocenters. The second-order valence-corrected chi connectivity index (χ2v) is 5.63. The lowest BCUT2D eigenvalue weighted by molar-refractivity contribution is 0.232. The van der Waals surface area contributed by atoms with Crippen LogP contribution >= 0.6 is 11.6 Å². The first-order valence-corrected chi connectivity index (χ1v) is 7.75. The standard InChI is InChI=1S/C16H21ClN4O/c1-5-13-15(17)20-11(4)21-16(13)19-9-12-6-7-14(18-8-12)22-10(2)3/h6-8,10H,5,9H2,1-4H3,(H,19,20,21). The molecule has 118 valence electrons. The molecule has 2 heterocycles. The van der Waals surface area contributed by atoms with E-state index in [0.717, 1.165) is 23.4 Å². The zero-order valence-corrected chi connectivity index (χ0v) is 14.1. The van der Waals surface area contributed by atoms with Crippen LogP contribution in [0.5, 0.6) is 5.88 Å². The summed E-state index contributed by atoms with van der Waals surface area (Å²) >= 11 is 6.17. The van der Waals surface area contributed by atoms with E-state index in [2.05, 4.69) is 20.3 Å². The third-order valence-corrected chi connectivity index (χ3v) is 3.35. The summed E-state index contributed by atoms with van der Waals surface area (Å²) in [6.45, 7) is 8.44. The smallest absolute Gasteiger partial charge is 0.213 e. The highest BCUT2D eigenvalue weighted by Gasteiger charge is 2.10. The van der Waals surface area contributed by atoms with Crippen LogP contribution in [0.3, 0.4) is 0 Å². The highest BCUT2D eigenvalue weighted by Crippen LogP contribution is 2.22. The van der Waals surface area contributed by atoms with Crippen molar-refractivity contribution in [3.8, 4) is 5.88 Å². The molecule has 0 radical (unpaired) electrons. The quantitative estimate of drug-likeness (QED) is 0.820. The van der Waals surface area contributed by atoms with E-state index in [1.807, 2.05) is 39.8 Å². The predicted octanol–water partition coefficient (Wildman–Crippen LogP) is 3.80. The van der Waals surface area contributed by atoms with Crippen LogP contribution in [0.2, 0.25) is 5.15 Å². The van der Waals surface area contributed by atoms with E-state index in [4.69, 9.17) is 16.3 Å². The minimum atomic E-state index is 0.120. The highest BCUT2D eigenvalue weighted by molar-refractivity contribution is 6.30. The Hall–Kier alpha value is -1.88. The minimum Gasteiger partial charge on any atom is -0.475 e. The molecular formula is C16H21ClN4O. The molecule has 5 nitrogen and oxygen atoms in total. The molecule has 0 bridgehead atoms. The molecule has 2 aromatic rings. The van der Waals surface area contributed by atoms with E-state index >= 15 is 0 Å². The van der Waals surface area contributed by atoms with Crippen LogP contribution in [-0.4, -0.2) is 21.1 Å². The molecule has 1 N–H and O–H groups in total. The third-order valence-electron chi connectivity index (χ3n) is 3.04. The van der Waals surface area contributed by atoms with Crippen LogP contribution in [-0.2, 0) is 13.0 Å². The van der Waals surface area contributed by atoms with Gasteiger partial charge in [-0.2, -0.15) is 0 Å². The summed E-state index contributed by atoms with van der Waals surface area (Å²) in [5.41, 5.74) is 1.98. The monoisotopic (exact) mass is 320 g/mol. The van der Waals surface area contributed by atoms with Crippen LogP contribution < -0.4 is 10.1 Å². The molecule has 0 unspecified atom stereocenters. The lowest BCUT2D eigenvalue weighted by Gasteiger charge is -2.12. The number of rotatable bonds is 6. The first kappa shape index (κ1) is 16.5. The molecule has 0 spiro atoms. The lowest BCUT2D eigenvalue weighted by Crippen LogP contribution is -2.09. The Bertz CT molecular complexity index is 629. The van der Waals surface area contributed by atoms with Crippen molar-refractivity contribution in [2.24, 2.45) is 0 Å². The average molecular weight is 321 g/mol. The third kappa shape index (κ3) is 4.31. The predicted molar refractivity (Wildman–Crippen MR) is 88.5 cm³/mol. The van der Waals surface area contributed by atoms with Crippen molar-refractivity contribution < 1.29 is 4.74 Å². The van der Waals surface area contributed by atoms with E-state index < -0.39 is 0 Å². The van der Waals surface area contributed by atoms with Crippen molar-refractivity contribution in [2.45, 2.75) is 46.8 Å². The van der Waals surface area contributed by atoms with Crippen molar-refractivity contribution >= 4 is 17.4 Å². The van der Waals surface area contributed by atoms with Crippen LogP contribution in [0, 0.1) is 6.92 Å². The number of halogens is 1. The van der Waals surface area contributed by atoms with Gasteiger partial charge >= 0.3 is 0 Å². The lowest BCUT2D eigenvalue weighted by atomic mass is 10.2. The largest absolute Gasteiger partial charge is 0.475 e. The minimum absolute atomic E-state index is 0.120. The van der Waals surface area contributed by atoms with Gasteiger partial charge in [-0.15, -0.1) is 0 Å². The summed E-state index contributed by atoms with van der Waals surface area (Å²) < 4.78 is 5.53. The van der Waals surface area contributed by atoms with Crippen molar-refractivity contribution in [3.05, 3.63) is 40.4 Å². The van der Waals surface area contributed by atoms with Crippen molar-refractivity contribution in [3.63, 3.8) is 0 Å². The molecular weight excluding hydrogens is 300 g/mol. The topological polar surface area (TPSA) is 59.9 Å². The molecule has 0 saturated heterocycles. The Morgan fingerprint density at radius 2 is 2.05 bits per heavy atom. The van der Waals surface area contributed by atoms with E-state index in [0.29, 0.717) is 23.4 Å². The fraction of sp³-hybridized carbons (Fsp3) is 0.438. The number of ether oxygens (including phenoxy) is 1. The summed E-state index contributed by atoms with van der Waals surface area (Å²) in [4.78, 5) is 12.9. The van der Waals surface area contributed by atoms with Gasteiger partial charge in [0.05, 0.1) is 6.10 Å². The van der Waals surface area contributed by atoms with Crippen molar-refractivity contribution in [1.82, 2.24) is 15.0 Å². The molecule has 0 fully saturated rings. The Morgan fingerprint density at radius 3 is 2.64 bits per heavy atom. The molecule has 22 heavy (non-hydrogen) atoms. The molecule has 2 aromatic heterocycles. The maximum absolute atomic E-state index is 6.17. The van der Waals surface area contributed by atoms with Gasteiger partial charge in [0.25, 0.3) is 0 Å². The van der Waals surface area contributed by atoms with Gasteiger partial charge in [0.2, 0.25) is 5.88 Å².